The van der Waals surface area contributed by atoms with Crippen molar-refractivity contribution in [3.8, 4) is 0 Å². The molecular weight excluding hydrogens is 660 g/mol. The van der Waals surface area contributed by atoms with E-state index in [2.05, 4.69) is 56.6 Å². The van der Waals surface area contributed by atoms with Gasteiger partial charge in [-0.1, -0.05) is 56.1 Å². The first kappa shape index (κ1) is 24.2. The highest BCUT2D eigenvalue weighted by molar-refractivity contribution is 9.12. The van der Waals surface area contributed by atoms with Crippen LogP contribution in [0.5, 0.6) is 0 Å². The lowest BCUT2D eigenvalue weighted by molar-refractivity contribution is 0.596. The molecule has 0 unspecified atom stereocenters. The van der Waals surface area contributed by atoms with E-state index in [-0.39, 0.29) is 21.2 Å². The van der Waals surface area contributed by atoms with Gasteiger partial charge in [0.1, 0.15) is 0 Å². The highest BCUT2D eigenvalue weighted by atomic mass is 79.9. The molecule has 0 fully saturated rings. The lowest BCUT2D eigenvalue weighted by atomic mass is 9.94. The Hall–Kier alpha value is -1.92. The summed E-state index contributed by atoms with van der Waals surface area (Å²) in [6.45, 7) is 0. The standard InChI is InChI=1S/C22H13Br3N2O4S2/c23-14-5-9-16(10-6-14)32(28,29)26-21-13-20(25)22(19-4-2-1-3-18(19)21)27-33(30,31)17-11-7-15(24)8-12-17/h1-13H. The number of halogens is 3. The second-order valence-electron chi connectivity index (χ2n) is 6.81. The second-order valence-corrected chi connectivity index (χ2v) is 12.7. The maximum atomic E-state index is 12.9. The number of benzene rings is 3. The van der Waals surface area contributed by atoms with Gasteiger partial charge in [-0.3, -0.25) is 0 Å². The molecule has 0 saturated carbocycles. The zero-order chi connectivity index (χ0) is 23.8. The molecule has 1 aliphatic rings. The normalized spacial score (nSPS) is 16.5. The van der Waals surface area contributed by atoms with Crippen molar-refractivity contribution in [2.45, 2.75) is 9.79 Å². The fourth-order valence-electron chi connectivity index (χ4n) is 3.04. The number of fused-ring (bicyclic) bond motifs is 1. The molecule has 0 aliphatic heterocycles. The fourth-order valence-corrected chi connectivity index (χ4v) is 6.23. The minimum absolute atomic E-state index is 0.0354. The summed E-state index contributed by atoms with van der Waals surface area (Å²) in [5, 5.41) is 0. The molecule has 33 heavy (non-hydrogen) atoms. The summed E-state index contributed by atoms with van der Waals surface area (Å²) < 4.78 is 61.4. The van der Waals surface area contributed by atoms with Crippen LogP contribution in [0.15, 0.2) is 111 Å². The highest BCUT2D eigenvalue weighted by Crippen LogP contribution is 2.29. The Morgan fingerprint density at radius 2 is 1.03 bits per heavy atom. The van der Waals surface area contributed by atoms with E-state index in [1.165, 1.54) is 30.3 Å². The van der Waals surface area contributed by atoms with Crippen molar-refractivity contribution in [2.24, 2.45) is 8.80 Å². The van der Waals surface area contributed by atoms with Gasteiger partial charge in [-0.2, -0.15) is 25.6 Å². The Balaban J connectivity index is 1.84. The average molecular weight is 673 g/mol. The van der Waals surface area contributed by atoms with Crippen LogP contribution in [0, 0.1) is 0 Å². The molecule has 0 heterocycles. The zero-order valence-corrected chi connectivity index (χ0v) is 22.9. The Bertz CT molecular complexity index is 1540. The lowest BCUT2D eigenvalue weighted by Gasteiger charge is -2.17. The molecule has 11 heteroatoms. The van der Waals surface area contributed by atoms with Gasteiger partial charge in [-0.15, -0.1) is 0 Å². The lowest BCUT2D eigenvalue weighted by Crippen LogP contribution is -2.18. The van der Waals surface area contributed by atoms with E-state index in [4.69, 9.17) is 0 Å². The molecule has 0 aromatic heterocycles. The molecule has 1 aliphatic carbocycles. The third kappa shape index (κ3) is 5.27. The molecule has 168 valence electrons. The highest BCUT2D eigenvalue weighted by Gasteiger charge is 2.26. The number of nitrogens with zero attached hydrogens (tertiary/aromatic N) is 2. The summed E-state index contributed by atoms with van der Waals surface area (Å²) in [4.78, 5) is 0.0748. The maximum Gasteiger partial charge on any atom is 0.282 e. The van der Waals surface area contributed by atoms with Gasteiger partial charge in [-0.05, 0) is 70.5 Å². The Labute approximate surface area is 216 Å². The van der Waals surface area contributed by atoms with E-state index in [0.717, 1.165) is 8.95 Å². The van der Waals surface area contributed by atoms with Gasteiger partial charge in [0.25, 0.3) is 20.0 Å². The molecular formula is C22H13Br3N2O4S2. The predicted molar refractivity (Wildman–Crippen MR) is 139 cm³/mol. The second kappa shape index (κ2) is 9.38. The van der Waals surface area contributed by atoms with Gasteiger partial charge in [0, 0.05) is 24.6 Å². The zero-order valence-electron chi connectivity index (χ0n) is 16.5. The molecule has 0 radical (unpaired) electrons. The number of sulfonamides is 2. The van der Waals surface area contributed by atoms with E-state index in [1.807, 2.05) is 0 Å². The Morgan fingerprint density at radius 3 is 1.55 bits per heavy atom. The van der Waals surface area contributed by atoms with Gasteiger partial charge >= 0.3 is 0 Å². The van der Waals surface area contributed by atoms with Crippen LogP contribution in [0.25, 0.3) is 0 Å². The monoisotopic (exact) mass is 670 g/mol. The van der Waals surface area contributed by atoms with Crippen LogP contribution < -0.4 is 0 Å². The molecule has 0 N–H and O–H groups in total. The quantitative estimate of drug-likeness (QED) is 0.347. The molecule has 6 nitrogen and oxygen atoms in total. The van der Waals surface area contributed by atoms with Crippen molar-refractivity contribution >= 4 is 79.3 Å². The first-order valence-electron chi connectivity index (χ1n) is 9.25. The Kier molecular flexibility index (Phi) is 6.88. The van der Waals surface area contributed by atoms with Crippen molar-refractivity contribution in [2.75, 3.05) is 0 Å². The molecule has 3 aromatic carbocycles. The van der Waals surface area contributed by atoms with Crippen LogP contribution in [-0.2, 0) is 20.0 Å². The van der Waals surface area contributed by atoms with Crippen LogP contribution in [0.3, 0.4) is 0 Å². The number of allylic oxidation sites excluding steroid dienone is 2. The van der Waals surface area contributed by atoms with Crippen molar-refractivity contribution in [1.82, 2.24) is 0 Å². The maximum absolute atomic E-state index is 12.9. The van der Waals surface area contributed by atoms with Gasteiger partial charge in [0.05, 0.1) is 21.2 Å². The molecule has 0 amide bonds. The van der Waals surface area contributed by atoms with Gasteiger partial charge in [-0.25, -0.2) is 0 Å². The van der Waals surface area contributed by atoms with E-state index >= 15 is 0 Å². The van der Waals surface area contributed by atoms with Gasteiger partial charge < -0.3 is 0 Å². The molecule has 4 rings (SSSR count). The summed E-state index contributed by atoms with van der Waals surface area (Å²) in [6.07, 6.45) is 1.45. The third-order valence-corrected chi connectivity index (χ3v) is 8.86. The van der Waals surface area contributed by atoms with E-state index in [0.29, 0.717) is 15.6 Å². The average Bonchev–Trinajstić information content (AvgIpc) is 2.77. The topological polar surface area (TPSA) is 93.0 Å². The van der Waals surface area contributed by atoms with Crippen molar-refractivity contribution in [3.63, 3.8) is 0 Å². The first-order chi connectivity index (χ1) is 15.6. The summed E-state index contributed by atoms with van der Waals surface area (Å²) in [7, 11) is -8.02. The van der Waals surface area contributed by atoms with Crippen molar-refractivity contribution < 1.29 is 16.8 Å². The SMILES string of the molecule is O=S(=O)(N=C1C=C(Br)C(=NS(=O)(=O)c2ccc(Br)cc2)c2ccccc21)c1ccc(Br)cc1. The van der Waals surface area contributed by atoms with Crippen LogP contribution in [0.1, 0.15) is 11.1 Å². The van der Waals surface area contributed by atoms with Gasteiger partial charge in [0.15, 0.2) is 0 Å². The third-order valence-electron chi connectivity index (χ3n) is 4.60. The molecule has 0 saturated heterocycles. The van der Waals surface area contributed by atoms with E-state index < -0.39 is 20.0 Å². The summed E-state index contributed by atoms with van der Waals surface area (Å²) >= 11 is 9.91. The van der Waals surface area contributed by atoms with Crippen molar-refractivity contribution in [1.29, 1.82) is 0 Å². The van der Waals surface area contributed by atoms with Crippen LogP contribution in [0.4, 0.5) is 0 Å². The van der Waals surface area contributed by atoms with E-state index in [9.17, 15) is 16.8 Å². The molecule has 0 spiro atoms. The minimum atomic E-state index is -4.02. The van der Waals surface area contributed by atoms with Gasteiger partial charge in [0.2, 0.25) is 0 Å². The molecule has 0 bridgehead atoms. The fraction of sp³-hybridized carbons (Fsp3) is 0. The number of hydrogen-bond donors (Lipinski definition) is 0. The largest absolute Gasteiger partial charge is 0.282 e. The number of hydrogen-bond acceptors (Lipinski definition) is 4. The van der Waals surface area contributed by atoms with E-state index in [1.54, 1.807) is 48.5 Å². The molecule has 0 atom stereocenters. The summed E-state index contributed by atoms with van der Waals surface area (Å²) in [5.41, 5.74) is 1.22. The van der Waals surface area contributed by atoms with Crippen LogP contribution in [0.2, 0.25) is 0 Å². The Morgan fingerprint density at radius 1 is 0.576 bits per heavy atom. The molecule has 3 aromatic rings. The number of rotatable bonds is 4. The van der Waals surface area contributed by atoms with Crippen molar-refractivity contribution in [3.05, 3.63) is 103 Å². The predicted octanol–water partition coefficient (Wildman–Crippen LogP) is 5.86. The minimum Gasteiger partial charge on any atom is -0.199 e. The van der Waals surface area contributed by atoms with Crippen LogP contribution in [-0.4, -0.2) is 28.3 Å². The van der Waals surface area contributed by atoms with Crippen LogP contribution >= 0.6 is 47.8 Å². The first-order valence-corrected chi connectivity index (χ1v) is 14.5. The summed E-state index contributed by atoms with van der Waals surface area (Å²) in [6, 6.07) is 19.0. The summed E-state index contributed by atoms with van der Waals surface area (Å²) in [5.74, 6) is 0. The smallest absolute Gasteiger partial charge is 0.199 e.